The number of likely N-dealkylation sites (N-methyl/N-ethyl adjacent to an activating group) is 1. The van der Waals surface area contributed by atoms with Crippen LogP contribution >= 0.6 is 0 Å². The molecule has 4 nitrogen and oxygen atoms in total. The second kappa shape index (κ2) is 8.40. The molecule has 1 heterocycles. The van der Waals surface area contributed by atoms with Crippen molar-refractivity contribution < 1.29 is 9.84 Å². The van der Waals surface area contributed by atoms with Crippen LogP contribution in [-0.4, -0.2) is 49.9 Å². The molecule has 2 aromatic rings. The minimum atomic E-state index is -0.476. The summed E-state index contributed by atoms with van der Waals surface area (Å²) in [7, 11) is 1.85. The van der Waals surface area contributed by atoms with Crippen molar-refractivity contribution >= 4 is 0 Å². The van der Waals surface area contributed by atoms with Gasteiger partial charge in [0.2, 0.25) is 0 Å². The molecule has 2 N–H and O–H groups in total. The maximum absolute atomic E-state index is 10.1. The number of hydrogen-bond donors (Lipinski definition) is 2. The first kappa shape index (κ1) is 17.1. The molecule has 1 unspecified atom stereocenters. The number of nitrogens with one attached hydrogen (secondary N) is 1. The summed E-state index contributed by atoms with van der Waals surface area (Å²) in [6, 6.07) is 16.9. The number of ether oxygens (including phenoxy) is 1. The number of benzene rings is 2. The summed E-state index contributed by atoms with van der Waals surface area (Å²) in [6.45, 7) is 5.21. The van der Waals surface area contributed by atoms with Crippen molar-refractivity contribution in [3.63, 3.8) is 0 Å². The average Bonchev–Trinajstić information content (AvgIpc) is 2.63. The Labute approximate surface area is 144 Å². The van der Waals surface area contributed by atoms with Crippen molar-refractivity contribution in [2.24, 2.45) is 0 Å². The fourth-order valence-electron chi connectivity index (χ4n) is 3.06. The molecular formula is C20H26N2O2. The van der Waals surface area contributed by atoms with Crippen LogP contribution in [0.4, 0.5) is 0 Å². The molecule has 128 valence electrons. The predicted molar refractivity (Wildman–Crippen MR) is 96.9 cm³/mol. The van der Waals surface area contributed by atoms with Gasteiger partial charge in [-0.1, -0.05) is 42.5 Å². The normalized spacial score (nSPS) is 16.9. The first-order valence-electron chi connectivity index (χ1n) is 8.58. The molecule has 0 bridgehead atoms. The highest BCUT2D eigenvalue weighted by molar-refractivity contribution is 5.64. The highest BCUT2D eigenvalue weighted by Crippen LogP contribution is 2.24. The maximum atomic E-state index is 10.1. The zero-order valence-corrected chi connectivity index (χ0v) is 14.2. The van der Waals surface area contributed by atoms with Crippen molar-refractivity contribution in [2.45, 2.75) is 12.6 Å². The summed E-state index contributed by atoms with van der Waals surface area (Å²) in [5, 5.41) is 13.1. The molecule has 24 heavy (non-hydrogen) atoms. The molecule has 1 fully saturated rings. The van der Waals surface area contributed by atoms with Gasteiger partial charge in [0, 0.05) is 26.2 Å². The first-order chi connectivity index (χ1) is 11.8. The van der Waals surface area contributed by atoms with Crippen LogP contribution in [-0.2, 0) is 11.3 Å². The number of hydrogen-bond acceptors (Lipinski definition) is 4. The van der Waals surface area contributed by atoms with Crippen LogP contribution in [0.1, 0.15) is 17.2 Å². The van der Waals surface area contributed by atoms with E-state index in [9.17, 15) is 5.11 Å². The van der Waals surface area contributed by atoms with Gasteiger partial charge in [-0.2, -0.15) is 0 Å². The minimum absolute atomic E-state index is 0.476. The molecule has 4 heteroatoms. The second-order valence-electron chi connectivity index (χ2n) is 6.28. The summed E-state index contributed by atoms with van der Waals surface area (Å²) in [4.78, 5) is 2.42. The van der Waals surface area contributed by atoms with Gasteiger partial charge in [0.1, 0.15) is 0 Å². The molecule has 2 aromatic carbocycles. The number of aliphatic hydroxyl groups is 1. The quantitative estimate of drug-likeness (QED) is 0.856. The van der Waals surface area contributed by atoms with Crippen LogP contribution < -0.4 is 5.32 Å². The second-order valence-corrected chi connectivity index (χ2v) is 6.28. The van der Waals surface area contributed by atoms with Crippen LogP contribution in [0.25, 0.3) is 11.1 Å². The van der Waals surface area contributed by atoms with Crippen LogP contribution in [0.5, 0.6) is 0 Å². The molecule has 0 aliphatic carbocycles. The highest BCUT2D eigenvalue weighted by Gasteiger charge is 2.11. The summed E-state index contributed by atoms with van der Waals surface area (Å²) in [5.41, 5.74) is 4.59. The van der Waals surface area contributed by atoms with E-state index in [0.29, 0.717) is 6.54 Å². The van der Waals surface area contributed by atoms with E-state index in [1.165, 1.54) is 11.1 Å². The minimum Gasteiger partial charge on any atom is -0.387 e. The fraction of sp³-hybridized carbons (Fsp3) is 0.400. The number of nitrogens with zero attached hydrogens (tertiary/aromatic N) is 1. The lowest BCUT2D eigenvalue weighted by atomic mass is 9.99. The Hall–Kier alpha value is -1.72. The highest BCUT2D eigenvalue weighted by atomic mass is 16.5. The molecule has 0 saturated carbocycles. The Kier molecular flexibility index (Phi) is 5.99. The number of rotatable bonds is 6. The molecule has 1 saturated heterocycles. The lowest BCUT2D eigenvalue weighted by molar-refractivity contribution is 0.0342. The number of morpholine rings is 1. The van der Waals surface area contributed by atoms with E-state index in [1.54, 1.807) is 0 Å². The molecule has 0 radical (unpaired) electrons. The number of aliphatic hydroxyl groups excluding tert-OH is 1. The summed E-state index contributed by atoms with van der Waals surface area (Å²) < 4.78 is 5.40. The van der Waals surface area contributed by atoms with Crippen LogP contribution in [0.2, 0.25) is 0 Å². The first-order valence-corrected chi connectivity index (χ1v) is 8.58. The van der Waals surface area contributed by atoms with Gasteiger partial charge in [0.15, 0.2) is 0 Å². The van der Waals surface area contributed by atoms with Gasteiger partial charge in [-0.15, -0.1) is 0 Å². The van der Waals surface area contributed by atoms with Gasteiger partial charge in [0.05, 0.1) is 19.3 Å². The lowest BCUT2D eigenvalue weighted by Gasteiger charge is -2.26. The standard InChI is InChI=1S/C20H26N2O2/c1-21-14-20(23)19-4-2-3-18(13-19)17-7-5-16(6-8-17)15-22-9-11-24-12-10-22/h2-8,13,20-21,23H,9-12,14-15H2,1H3. The third kappa shape index (κ3) is 4.42. The van der Waals surface area contributed by atoms with Crippen LogP contribution in [0.15, 0.2) is 48.5 Å². The van der Waals surface area contributed by atoms with E-state index in [-0.39, 0.29) is 0 Å². The van der Waals surface area contributed by atoms with E-state index in [4.69, 9.17) is 4.74 Å². The lowest BCUT2D eigenvalue weighted by Crippen LogP contribution is -2.35. The third-order valence-corrected chi connectivity index (χ3v) is 4.47. The van der Waals surface area contributed by atoms with Crippen molar-refractivity contribution in [3.05, 3.63) is 59.7 Å². The fourth-order valence-corrected chi connectivity index (χ4v) is 3.06. The topological polar surface area (TPSA) is 44.7 Å². The van der Waals surface area contributed by atoms with Gasteiger partial charge in [0.25, 0.3) is 0 Å². The van der Waals surface area contributed by atoms with Crippen molar-refractivity contribution in [1.29, 1.82) is 0 Å². The molecule has 0 amide bonds. The van der Waals surface area contributed by atoms with E-state index in [0.717, 1.165) is 44.0 Å². The van der Waals surface area contributed by atoms with Gasteiger partial charge in [-0.3, -0.25) is 4.90 Å². The van der Waals surface area contributed by atoms with Gasteiger partial charge < -0.3 is 15.2 Å². The Bertz CT molecular complexity index is 636. The van der Waals surface area contributed by atoms with E-state index < -0.39 is 6.10 Å². The zero-order valence-electron chi connectivity index (χ0n) is 14.2. The molecular weight excluding hydrogens is 300 g/mol. The van der Waals surface area contributed by atoms with Crippen molar-refractivity contribution in [2.75, 3.05) is 39.9 Å². The van der Waals surface area contributed by atoms with Gasteiger partial charge >= 0.3 is 0 Å². The predicted octanol–water partition coefficient (Wildman–Crippen LogP) is 2.44. The Balaban J connectivity index is 1.69. The van der Waals surface area contributed by atoms with E-state index in [2.05, 4.69) is 46.6 Å². The van der Waals surface area contributed by atoms with E-state index in [1.807, 2.05) is 19.2 Å². The third-order valence-electron chi connectivity index (χ3n) is 4.47. The SMILES string of the molecule is CNCC(O)c1cccc(-c2ccc(CN3CCOCC3)cc2)c1. The van der Waals surface area contributed by atoms with E-state index >= 15 is 0 Å². The molecule has 1 atom stereocenters. The molecule has 1 aliphatic rings. The summed E-state index contributed by atoms with van der Waals surface area (Å²) >= 11 is 0. The van der Waals surface area contributed by atoms with Crippen molar-refractivity contribution in [1.82, 2.24) is 10.2 Å². The Morgan fingerprint density at radius 1 is 1.08 bits per heavy atom. The van der Waals surface area contributed by atoms with Crippen molar-refractivity contribution in [3.8, 4) is 11.1 Å². The molecule has 0 spiro atoms. The average molecular weight is 326 g/mol. The van der Waals surface area contributed by atoms with Crippen LogP contribution in [0.3, 0.4) is 0 Å². The Morgan fingerprint density at radius 3 is 2.54 bits per heavy atom. The largest absolute Gasteiger partial charge is 0.387 e. The van der Waals surface area contributed by atoms with Crippen LogP contribution in [0, 0.1) is 0 Å². The smallest absolute Gasteiger partial charge is 0.0914 e. The maximum Gasteiger partial charge on any atom is 0.0914 e. The molecule has 3 rings (SSSR count). The van der Waals surface area contributed by atoms with Gasteiger partial charge in [-0.05, 0) is 35.4 Å². The zero-order chi connectivity index (χ0) is 16.8. The molecule has 1 aliphatic heterocycles. The summed E-state index contributed by atoms with van der Waals surface area (Å²) in [6.07, 6.45) is -0.476. The van der Waals surface area contributed by atoms with Gasteiger partial charge in [-0.25, -0.2) is 0 Å². The summed E-state index contributed by atoms with van der Waals surface area (Å²) in [5.74, 6) is 0. The monoisotopic (exact) mass is 326 g/mol. The Morgan fingerprint density at radius 2 is 1.83 bits per heavy atom. The molecule has 0 aromatic heterocycles.